The van der Waals surface area contributed by atoms with Gasteiger partial charge in [0.05, 0.1) is 15.2 Å². The highest BCUT2D eigenvalue weighted by molar-refractivity contribution is 7.22. The van der Waals surface area contributed by atoms with Crippen LogP contribution >= 0.6 is 34.5 Å². The molecule has 0 saturated heterocycles. The van der Waals surface area contributed by atoms with E-state index in [4.69, 9.17) is 23.2 Å². The smallest absolute Gasteiger partial charge is 0.277 e. The van der Waals surface area contributed by atoms with Gasteiger partial charge in [0.2, 0.25) is 0 Å². The van der Waals surface area contributed by atoms with E-state index in [9.17, 15) is 4.79 Å². The summed E-state index contributed by atoms with van der Waals surface area (Å²) in [6.45, 7) is 4.00. The van der Waals surface area contributed by atoms with Gasteiger partial charge in [0.15, 0.2) is 5.13 Å². The van der Waals surface area contributed by atoms with Crippen LogP contribution in [0.1, 0.15) is 21.6 Å². The number of hydrogen-bond acceptors (Lipinski definition) is 4. The fraction of sp³-hybridized carbons (Fsp3) is 0.133. The molecule has 1 N–H and O–H groups in total. The molecule has 4 nitrogen and oxygen atoms in total. The van der Waals surface area contributed by atoms with Gasteiger partial charge >= 0.3 is 0 Å². The number of amides is 1. The maximum Gasteiger partial charge on any atom is 0.277 e. The number of aromatic nitrogens is 2. The molecular weight excluding hydrogens is 341 g/mol. The third-order valence-corrected chi connectivity index (χ3v) is 4.81. The van der Waals surface area contributed by atoms with Crippen LogP contribution in [-0.4, -0.2) is 15.9 Å². The number of halogens is 2. The number of nitrogens with zero attached hydrogens (tertiary/aromatic N) is 2. The predicted octanol–water partition coefficient (Wildman–Crippen LogP) is 4.87. The van der Waals surface area contributed by atoms with Gasteiger partial charge < -0.3 is 0 Å². The van der Waals surface area contributed by atoms with Crippen LogP contribution in [0.3, 0.4) is 0 Å². The Balaban J connectivity index is 1.96. The van der Waals surface area contributed by atoms with Gasteiger partial charge in [-0.05, 0) is 37.1 Å². The van der Waals surface area contributed by atoms with E-state index in [0.29, 0.717) is 5.13 Å². The molecular formula is C15H11Cl2N3OS. The van der Waals surface area contributed by atoms with Crippen molar-refractivity contribution in [1.29, 1.82) is 0 Å². The monoisotopic (exact) mass is 351 g/mol. The molecule has 3 aromatic rings. The van der Waals surface area contributed by atoms with Gasteiger partial charge in [-0.2, -0.15) is 0 Å². The van der Waals surface area contributed by atoms with Crippen molar-refractivity contribution in [2.24, 2.45) is 0 Å². The van der Waals surface area contributed by atoms with E-state index >= 15 is 0 Å². The van der Waals surface area contributed by atoms with Crippen LogP contribution in [0.5, 0.6) is 0 Å². The molecule has 0 fully saturated rings. The Labute approximate surface area is 141 Å². The second-order valence-electron chi connectivity index (χ2n) is 4.81. The van der Waals surface area contributed by atoms with Gasteiger partial charge in [-0.3, -0.25) is 10.1 Å². The fourth-order valence-electron chi connectivity index (χ4n) is 2.05. The highest BCUT2D eigenvalue weighted by Crippen LogP contribution is 2.31. The summed E-state index contributed by atoms with van der Waals surface area (Å²) in [5, 5.41) is 3.70. The average Bonchev–Trinajstić information content (AvgIpc) is 2.90. The minimum absolute atomic E-state index is 0.0851. The number of aryl methyl sites for hydroxylation is 2. The number of benzene rings is 1. The van der Waals surface area contributed by atoms with Gasteiger partial charge in [-0.25, -0.2) is 9.97 Å². The maximum atomic E-state index is 12.3. The summed E-state index contributed by atoms with van der Waals surface area (Å²) in [5.41, 5.74) is 3.17. The Kier molecular flexibility index (Phi) is 4.04. The van der Waals surface area contributed by atoms with Crippen molar-refractivity contribution in [2.75, 3.05) is 5.32 Å². The Morgan fingerprint density at radius 3 is 2.55 bits per heavy atom. The summed E-state index contributed by atoms with van der Waals surface area (Å²) in [6.07, 6.45) is 0. The quantitative estimate of drug-likeness (QED) is 0.670. The van der Waals surface area contributed by atoms with Crippen molar-refractivity contribution >= 4 is 55.8 Å². The zero-order valence-corrected chi connectivity index (χ0v) is 14.1. The fourth-order valence-corrected chi connectivity index (χ4v) is 3.39. The molecule has 0 unspecified atom stereocenters. The van der Waals surface area contributed by atoms with E-state index in [0.717, 1.165) is 21.3 Å². The first-order valence-corrected chi connectivity index (χ1v) is 8.03. The molecule has 0 saturated carbocycles. The lowest BCUT2D eigenvalue weighted by Gasteiger charge is -2.03. The van der Waals surface area contributed by atoms with E-state index in [-0.39, 0.29) is 15.9 Å². The van der Waals surface area contributed by atoms with E-state index in [2.05, 4.69) is 15.3 Å². The summed E-state index contributed by atoms with van der Waals surface area (Å²) >= 11 is 13.2. The minimum atomic E-state index is -0.429. The molecule has 0 aliphatic heterocycles. The molecule has 2 aromatic heterocycles. The third kappa shape index (κ3) is 2.79. The van der Waals surface area contributed by atoms with Gasteiger partial charge in [0.1, 0.15) is 10.8 Å². The largest absolute Gasteiger partial charge is 0.296 e. The molecule has 0 atom stereocenters. The third-order valence-electron chi connectivity index (χ3n) is 3.19. The molecule has 0 bridgehead atoms. The van der Waals surface area contributed by atoms with Crippen molar-refractivity contribution in [3.8, 4) is 0 Å². The van der Waals surface area contributed by atoms with Crippen molar-refractivity contribution in [1.82, 2.24) is 9.97 Å². The standard InChI is InChI=1S/C15H11Cl2N3OS/c1-7-3-4-8(2)13-11(7)19-15(22-13)20-14(21)12-9(16)5-6-10(17)18-12/h3-6H,1-2H3,(H,19,20,21). The highest BCUT2D eigenvalue weighted by Gasteiger charge is 2.16. The van der Waals surface area contributed by atoms with Gasteiger partial charge in [0, 0.05) is 0 Å². The number of pyridine rings is 1. The molecule has 0 aliphatic carbocycles. The van der Waals surface area contributed by atoms with E-state index in [1.54, 1.807) is 6.07 Å². The lowest BCUT2D eigenvalue weighted by Crippen LogP contribution is -2.14. The Morgan fingerprint density at radius 2 is 1.82 bits per heavy atom. The Bertz CT molecular complexity index is 853. The summed E-state index contributed by atoms with van der Waals surface area (Å²) < 4.78 is 1.06. The van der Waals surface area contributed by atoms with Crippen molar-refractivity contribution < 1.29 is 4.79 Å². The average molecular weight is 352 g/mol. The molecule has 0 spiro atoms. The lowest BCUT2D eigenvalue weighted by atomic mass is 10.1. The van der Waals surface area contributed by atoms with E-state index in [1.165, 1.54) is 17.4 Å². The molecule has 7 heteroatoms. The van der Waals surface area contributed by atoms with Gasteiger partial charge in [-0.1, -0.05) is 46.7 Å². The zero-order valence-electron chi connectivity index (χ0n) is 11.8. The SMILES string of the molecule is Cc1ccc(C)c2sc(NC(=O)c3nc(Cl)ccc3Cl)nc12. The molecule has 0 radical (unpaired) electrons. The lowest BCUT2D eigenvalue weighted by molar-refractivity contribution is 0.102. The van der Waals surface area contributed by atoms with E-state index in [1.807, 2.05) is 26.0 Å². The van der Waals surface area contributed by atoms with Crippen molar-refractivity contribution in [3.63, 3.8) is 0 Å². The van der Waals surface area contributed by atoms with Crippen LogP contribution in [0.25, 0.3) is 10.2 Å². The number of anilines is 1. The summed E-state index contributed by atoms with van der Waals surface area (Å²) in [4.78, 5) is 20.7. The number of carbonyl (C=O) groups excluding carboxylic acids is 1. The molecule has 3 rings (SSSR count). The highest BCUT2D eigenvalue weighted by atomic mass is 35.5. The van der Waals surface area contributed by atoms with Crippen LogP contribution < -0.4 is 5.32 Å². The molecule has 0 aliphatic rings. The predicted molar refractivity (Wildman–Crippen MR) is 91.3 cm³/mol. The molecule has 112 valence electrons. The van der Waals surface area contributed by atoms with Crippen LogP contribution in [-0.2, 0) is 0 Å². The number of hydrogen-bond donors (Lipinski definition) is 1. The van der Waals surface area contributed by atoms with E-state index < -0.39 is 5.91 Å². The maximum absolute atomic E-state index is 12.3. The number of carbonyl (C=O) groups is 1. The van der Waals surface area contributed by atoms with Gasteiger partial charge in [0.25, 0.3) is 5.91 Å². The van der Waals surface area contributed by atoms with Crippen LogP contribution in [0.4, 0.5) is 5.13 Å². The second kappa shape index (κ2) is 5.83. The number of nitrogens with one attached hydrogen (secondary N) is 1. The Morgan fingerprint density at radius 1 is 1.09 bits per heavy atom. The van der Waals surface area contributed by atoms with Crippen molar-refractivity contribution in [2.45, 2.75) is 13.8 Å². The van der Waals surface area contributed by atoms with Gasteiger partial charge in [-0.15, -0.1) is 0 Å². The Hall–Kier alpha value is -1.69. The van der Waals surface area contributed by atoms with Crippen LogP contribution in [0.15, 0.2) is 24.3 Å². The summed E-state index contributed by atoms with van der Waals surface area (Å²) in [5.74, 6) is -0.429. The van der Waals surface area contributed by atoms with Crippen LogP contribution in [0.2, 0.25) is 10.2 Å². The molecule has 1 aromatic carbocycles. The first kappa shape index (κ1) is 15.2. The second-order valence-corrected chi connectivity index (χ2v) is 6.61. The first-order valence-electron chi connectivity index (χ1n) is 6.46. The number of rotatable bonds is 2. The van der Waals surface area contributed by atoms with Crippen LogP contribution in [0, 0.1) is 13.8 Å². The minimum Gasteiger partial charge on any atom is -0.296 e. The number of thiazole rings is 1. The summed E-state index contributed by atoms with van der Waals surface area (Å²) in [7, 11) is 0. The normalized spacial score (nSPS) is 10.9. The number of fused-ring (bicyclic) bond motifs is 1. The molecule has 1 amide bonds. The summed E-state index contributed by atoms with van der Waals surface area (Å²) in [6, 6.07) is 7.12. The zero-order chi connectivity index (χ0) is 15.9. The van der Waals surface area contributed by atoms with Crippen molar-refractivity contribution in [3.05, 3.63) is 51.3 Å². The molecule has 22 heavy (non-hydrogen) atoms. The first-order chi connectivity index (χ1) is 10.5. The molecule has 2 heterocycles. The topological polar surface area (TPSA) is 54.9 Å².